The lowest BCUT2D eigenvalue weighted by molar-refractivity contribution is -0.126. The molecule has 0 fully saturated rings. The summed E-state index contributed by atoms with van der Waals surface area (Å²) in [5.41, 5.74) is 4.40. The van der Waals surface area contributed by atoms with E-state index in [0.29, 0.717) is 22.0 Å². The van der Waals surface area contributed by atoms with Crippen molar-refractivity contribution in [3.63, 3.8) is 0 Å². The summed E-state index contributed by atoms with van der Waals surface area (Å²) < 4.78 is 5.42. The molecule has 0 saturated heterocycles. The van der Waals surface area contributed by atoms with E-state index in [1.807, 2.05) is 18.2 Å². The molecule has 0 spiro atoms. The number of hydrazone groups is 1. The Morgan fingerprint density at radius 3 is 2.53 bits per heavy atom. The van der Waals surface area contributed by atoms with Gasteiger partial charge in [0.2, 0.25) is 11.8 Å². The van der Waals surface area contributed by atoms with E-state index in [2.05, 4.69) is 34.6 Å². The fourth-order valence-corrected chi connectivity index (χ4v) is 3.09. The van der Waals surface area contributed by atoms with Gasteiger partial charge in [-0.2, -0.15) is 5.10 Å². The quantitative estimate of drug-likeness (QED) is 0.338. The number of benzene rings is 2. The van der Waals surface area contributed by atoms with Gasteiger partial charge in [0.05, 0.1) is 29.1 Å². The number of hydrogen-bond acceptors (Lipinski definition) is 5. The van der Waals surface area contributed by atoms with Crippen LogP contribution in [0.4, 0.5) is 11.4 Å². The molecule has 2 aromatic rings. The molecular weight excluding hydrogens is 427 g/mol. The first-order valence-corrected chi connectivity index (χ1v) is 10.1. The number of hydrogen-bond donors (Lipinski definition) is 2. The Morgan fingerprint density at radius 1 is 1.13 bits per heavy atom. The predicted molar refractivity (Wildman–Crippen MR) is 122 cm³/mol. The lowest BCUT2D eigenvalue weighted by Gasteiger charge is -2.21. The molecule has 0 aliphatic heterocycles. The molecular formula is C21H24Cl2N4O3. The van der Waals surface area contributed by atoms with Crippen LogP contribution in [-0.4, -0.2) is 38.2 Å². The molecule has 2 N–H and O–H groups in total. The van der Waals surface area contributed by atoms with E-state index in [1.165, 1.54) is 6.21 Å². The highest BCUT2D eigenvalue weighted by atomic mass is 35.5. The minimum absolute atomic E-state index is 0.214. The number of halogens is 2. The molecule has 30 heavy (non-hydrogen) atoms. The number of amides is 2. The van der Waals surface area contributed by atoms with Gasteiger partial charge in [-0.3, -0.25) is 9.59 Å². The van der Waals surface area contributed by atoms with Crippen molar-refractivity contribution in [3.8, 4) is 5.75 Å². The summed E-state index contributed by atoms with van der Waals surface area (Å²) in [4.78, 5) is 26.2. The number of nitrogens with one attached hydrogen (secondary N) is 2. The van der Waals surface area contributed by atoms with Gasteiger partial charge in [0.1, 0.15) is 12.2 Å². The van der Waals surface area contributed by atoms with E-state index < -0.39 is 18.2 Å². The van der Waals surface area contributed by atoms with Gasteiger partial charge in [0.15, 0.2) is 0 Å². The van der Waals surface area contributed by atoms with Crippen LogP contribution in [0.25, 0.3) is 0 Å². The molecule has 0 aliphatic rings. The molecule has 0 saturated carbocycles. The maximum absolute atomic E-state index is 12.0. The highest BCUT2D eigenvalue weighted by molar-refractivity contribution is 6.44. The SMILES string of the molecule is CCN(CC)c1ccc(C=NNC(=O)CC(=O)Nc2cccc(Cl)c2Cl)c(OC)c1. The first kappa shape index (κ1) is 23.5. The first-order chi connectivity index (χ1) is 14.4. The van der Waals surface area contributed by atoms with Gasteiger partial charge in [-0.1, -0.05) is 29.3 Å². The van der Waals surface area contributed by atoms with E-state index in [1.54, 1.807) is 25.3 Å². The zero-order valence-corrected chi connectivity index (χ0v) is 18.5. The summed E-state index contributed by atoms with van der Waals surface area (Å²) in [6, 6.07) is 10.6. The summed E-state index contributed by atoms with van der Waals surface area (Å²) in [6.07, 6.45) is 1.05. The van der Waals surface area contributed by atoms with Crippen LogP contribution >= 0.6 is 23.2 Å². The predicted octanol–water partition coefficient (Wildman–Crippen LogP) is 4.33. The number of rotatable bonds is 9. The van der Waals surface area contributed by atoms with Crippen molar-refractivity contribution in [1.82, 2.24) is 5.43 Å². The Hall–Kier alpha value is -2.77. The van der Waals surface area contributed by atoms with Crippen molar-refractivity contribution in [2.24, 2.45) is 5.10 Å². The van der Waals surface area contributed by atoms with Gasteiger partial charge in [-0.15, -0.1) is 0 Å². The summed E-state index contributed by atoms with van der Waals surface area (Å²) in [5.74, 6) is -0.473. The lowest BCUT2D eigenvalue weighted by Crippen LogP contribution is -2.24. The highest BCUT2D eigenvalue weighted by Crippen LogP contribution is 2.29. The Balaban J connectivity index is 1.95. The molecule has 0 unspecified atom stereocenters. The van der Waals surface area contributed by atoms with Crippen LogP contribution in [0, 0.1) is 0 Å². The van der Waals surface area contributed by atoms with Crippen molar-refractivity contribution < 1.29 is 14.3 Å². The molecule has 160 valence electrons. The second kappa shape index (κ2) is 11.4. The van der Waals surface area contributed by atoms with Crippen molar-refractivity contribution in [2.75, 3.05) is 30.4 Å². The second-order valence-electron chi connectivity index (χ2n) is 6.22. The van der Waals surface area contributed by atoms with E-state index in [4.69, 9.17) is 27.9 Å². The maximum Gasteiger partial charge on any atom is 0.249 e. The van der Waals surface area contributed by atoms with Crippen LogP contribution in [0.3, 0.4) is 0 Å². The average Bonchev–Trinajstić information content (AvgIpc) is 2.73. The van der Waals surface area contributed by atoms with Crippen molar-refractivity contribution in [1.29, 1.82) is 0 Å². The Morgan fingerprint density at radius 2 is 1.87 bits per heavy atom. The average molecular weight is 451 g/mol. The summed E-state index contributed by atoms with van der Waals surface area (Å²) >= 11 is 11.9. The first-order valence-electron chi connectivity index (χ1n) is 9.38. The van der Waals surface area contributed by atoms with Crippen molar-refractivity contribution in [3.05, 3.63) is 52.0 Å². The Bertz CT molecular complexity index is 930. The van der Waals surface area contributed by atoms with Crippen LogP contribution in [0.15, 0.2) is 41.5 Å². The molecule has 0 heterocycles. The third-order valence-corrected chi connectivity index (χ3v) is 5.10. The van der Waals surface area contributed by atoms with E-state index in [-0.39, 0.29) is 5.02 Å². The standard InChI is InChI=1S/C21H24Cl2N4O3/c1-4-27(5-2)15-10-9-14(18(11-15)30-3)13-24-26-20(29)12-19(28)25-17-8-6-7-16(22)21(17)23/h6-11,13H,4-5,12H2,1-3H3,(H,25,28)(H,26,29). The Labute approximate surface area is 186 Å². The van der Waals surface area contributed by atoms with Crippen molar-refractivity contribution >= 4 is 52.6 Å². The largest absolute Gasteiger partial charge is 0.496 e. The van der Waals surface area contributed by atoms with E-state index in [0.717, 1.165) is 18.8 Å². The number of carbonyl (C=O) groups excluding carboxylic acids is 2. The van der Waals surface area contributed by atoms with E-state index >= 15 is 0 Å². The van der Waals surface area contributed by atoms with Crippen molar-refractivity contribution in [2.45, 2.75) is 20.3 Å². The van der Waals surface area contributed by atoms with Gasteiger partial charge >= 0.3 is 0 Å². The van der Waals surface area contributed by atoms with Gasteiger partial charge in [-0.05, 0) is 38.1 Å². The molecule has 2 rings (SSSR count). The van der Waals surface area contributed by atoms with Gasteiger partial charge in [0, 0.05) is 30.4 Å². The van der Waals surface area contributed by atoms with Gasteiger partial charge in [0.25, 0.3) is 0 Å². The molecule has 9 heteroatoms. The molecule has 0 aliphatic carbocycles. The van der Waals surface area contributed by atoms with Crippen LogP contribution < -0.4 is 20.4 Å². The molecule has 0 atom stereocenters. The van der Waals surface area contributed by atoms with Gasteiger partial charge < -0.3 is 15.0 Å². The molecule has 0 aromatic heterocycles. The number of anilines is 2. The monoisotopic (exact) mass is 450 g/mol. The van der Waals surface area contributed by atoms with Crippen LogP contribution in [0.2, 0.25) is 10.0 Å². The summed E-state index contributed by atoms with van der Waals surface area (Å²) in [6.45, 7) is 5.92. The fraction of sp³-hybridized carbons (Fsp3) is 0.286. The minimum atomic E-state index is -0.569. The summed E-state index contributed by atoms with van der Waals surface area (Å²) in [5, 5.41) is 6.98. The molecule has 2 aromatic carbocycles. The normalized spacial score (nSPS) is 10.7. The number of nitrogens with zero attached hydrogens (tertiary/aromatic N) is 2. The van der Waals surface area contributed by atoms with E-state index in [9.17, 15) is 9.59 Å². The fourth-order valence-electron chi connectivity index (χ4n) is 2.75. The summed E-state index contributed by atoms with van der Waals surface area (Å²) in [7, 11) is 1.57. The zero-order chi connectivity index (χ0) is 22.1. The van der Waals surface area contributed by atoms with Crippen LogP contribution in [0.5, 0.6) is 5.75 Å². The number of ether oxygens (including phenoxy) is 1. The second-order valence-corrected chi connectivity index (χ2v) is 7.00. The van der Waals surface area contributed by atoms with Crippen LogP contribution in [-0.2, 0) is 9.59 Å². The maximum atomic E-state index is 12.0. The lowest BCUT2D eigenvalue weighted by atomic mass is 10.2. The molecule has 0 bridgehead atoms. The third kappa shape index (κ3) is 6.37. The smallest absolute Gasteiger partial charge is 0.249 e. The minimum Gasteiger partial charge on any atom is -0.496 e. The van der Waals surface area contributed by atoms with Gasteiger partial charge in [-0.25, -0.2) is 5.43 Å². The number of methoxy groups -OCH3 is 1. The highest BCUT2D eigenvalue weighted by Gasteiger charge is 2.12. The Kier molecular flexibility index (Phi) is 8.95. The molecule has 7 nitrogen and oxygen atoms in total. The zero-order valence-electron chi connectivity index (χ0n) is 17.0. The topological polar surface area (TPSA) is 83.0 Å². The molecule has 0 radical (unpaired) electrons. The number of carbonyl (C=O) groups is 2. The van der Waals surface area contributed by atoms with Crippen LogP contribution in [0.1, 0.15) is 25.8 Å². The third-order valence-electron chi connectivity index (χ3n) is 4.29. The molecule has 2 amide bonds.